The smallest absolute Gasteiger partial charge is 0.230 e. The van der Waals surface area contributed by atoms with Crippen molar-refractivity contribution in [2.24, 2.45) is 0 Å². The largest absolute Gasteiger partial charge is 0.355 e. The van der Waals surface area contributed by atoms with Crippen molar-refractivity contribution in [3.8, 4) is 0 Å². The molecule has 0 aliphatic carbocycles. The van der Waals surface area contributed by atoms with Crippen molar-refractivity contribution < 1.29 is 4.79 Å². The molecule has 0 heterocycles. The Morgan fingerprint density at radius 1 is 1.21 bits per heavy atom. The molecule has 1 amide bonds. The van der Waals surface area contributed by atoms with Crippen LogP contribution in [0, 0.1) is 6.92 Å². The van der Waals surface area contributed by atoms with Crippen LogP contribution in [0.15, 0.2) is 24.3 Å². The van der Waals surface area contributed by atoms with E-state index in [2.05, 4.69) is 29.3 Å². The summed E-state index contributed by atoms with van der Waals surface area (Å²) in [6.07, 6.45) is 0.975. The third kappa shape index (κ3) is 4.67. The second-order valence-electron chi connectivity index (χ2n) is 5.90. The van der Waals surface area contributed by atoms with Gasteiger partial charge in [0.25, 0.3) is 0 Å². The second kappa shape index (κ2) is 6.71. The number of carbonyl (C=O) groups is 1. The molecular formula is C16H26N2O. The maximum Gasteiger partial charge on any atom is 0.230 e. The summed E-state index contributed by atoms with van der Waals surface area (Å²) in [5.74, 6) is 0.0927. The molecule has 0 bridgehead atoms. The highest BCUT2D eigenvalue weighted by molar-refractivity contribution is 5.87. The van der Waals surface area contributed by atoms with Gasteiger partial charge in [-0.25, -0.2) is 0 Å². The van der Waals surface area contributed by atoms with Gasteiger partial charge in [-0.3, -0.25) is 4.79 Å². The molecule has 0 atom stereocenters. The Balaban J connectivity index is 2.56. The van der Waals surface area contributed by atoms with Crippen LogP contribution in [-0.2, 0) is 10.2 Å². The van der Waals surface area contributed by atoms with E-state index in [1.807, 2.05) is 40.1 Å². The Hall–Kier alpha value is -1.35. The Morgan fingerprint density at radius 2 is 1.79 bits per heavy atom. The lowest BCUT2D eigenvalue weighted by atomic mass is 9.83. The molecule has 3 heteroatoms. The number of nitrogens with zero attached hydrogens (tertiary/aromatic N) is 1. The van der Waals surface area contributed by atoms with Crippen molar-refractivity contribution >= 4 is 5.91 Å². The molecular weight excluding hydrogens is 236 g/mol. The van der Waals surface area contributed by atoms with Gasteiger partial charge in [-0.15, -0.1) is 0 Å². The summed E-state index contributed by atoms with van der Waals surface area (Å²) in [5.41, 5.74) is 1.79. The number of carbonyl (C=O) groups excluding carboxylic acids is 1. The van der Waals surface area contributed by atoms with Crippen LogP contribution in [0.1, 0.15) is 31.4 Å². The fourth-order valence-electron chi connectivity index (χ4n) is 1.92. The number of nitrogens with one attached hydrogen (secondary N) is 1. The van der Waals surface area contributed by atoms with Crippen molar-refractivity contribution in [1.82, 2.24) is 10.2 Å². The van der Waals surface area contributed by atoms with Gasteiger partial charge >= 0.3 is 0 Å². The third-order valence-corrected chi connectivity index (χ3v) is 3.41. The van der Waals surface area contributed by atoms with Gasteiger partial charge in [-0.2, -0.15) is 0 Å². The first kappa shape index (κ1) is 15.7. The van der Waals surface area contributed by atoms with Gasteiger partial charge < -0.3 is 10.2 Å². The Kier molecular flexibility index (Phi) is 5.55. The predicted octanol–water partition coefficient (Wildman–Crippen LogP) is 2.34. The Bertz CT molecular complexity index is 407. The zero-order valence-electron chi connectivity index (χ0n) is 12.8. The maximum absolute atomic E-state index is 12.3. The molecule has 0 unspecified atom stereocenters. The topological polar surface area (TPSA) is 32.3 Å². The molecule has 0 radical (unpaired) electrons. The van der Waals surface area contributed by atoms with E-state index in [4.69, 9.17) is 0 Å². The minimum Gasteiger partial charge on any atom is -0.355 e. The quantitative estimate of drug-likeness (QED) is 0.798. The SMILES string of the molecule is Cc1ccc(C(C)(C)C(=O)NCCCN(C)C)cc1. The van der Waals surface area contributed by atoms with E-state index < -0.39 is 5.41 Å². The fourth-order valence-corrected chi connectivity index (χ4v) is 1.92. The van der Waals surface area contributed by atoms with Gasteiger partial charge in [0.05, 0.1) is 5.41 Å². The molecule has 0 saturated heterocycles. The normalized spacial score (nSPS) is 11.7. The number of hydrogen-bond donors (Lipinski definition) is 1. The zero-order chi connectivity index (χ0) is 14.5. The summed E-state index contributed by atoms with van der Waals surface area (Å²) in [6.45, 7) is 7.72. The Labute approximate surface area is 117 Å². The van der Waals surface area contributed by atoms with Crippen LogP contribution in [0.5, 0.6) is 0 Å². The highest BCUT2D eigenvalue weighted by atomic mass is 16.2. The van der Waals surface area contributed by atoms with E-state index in [0.717, 1.165) is 25.1 Å². The fraction of sp³-hybridized carbons (Fsp3) is 0.562. The number of amides is 1. The molecule has 1 aromatic rings. The first-order chi connectivity index (χ1) is 8.84. The highest BCUT2D eigenvalue weighted by Gasteiger charge is 2.29. The molecule has 0 saturated carbocycles. The molecule has 1 rings (SSSR count). The lowest BCUT2D eigenvalue weighted by Gasteiger charge is -2.24. The monoisotopic (exact) mass is 262 g/mol. The van der Waals surface area contributed by atoms with Crippen LogP contribution in [0.25, 0.3) is 0 Å². The van der Waals surface area contributed by atoms with Crippen LogP contribution in [0.3, 0.4) is 0 Å². The van der Waals surface area contributed by atoms with Gasteiger partial charge in [-0.05, 0) is 53.4 Å². The lowest BCUT2D eigenvalue weighted by Crippen LogP contribution is -2.41. The predicted molar refractivity (Wildman–Crippen MR) is 80.4 cm³/mol. The van der Waals surface area contributed by atoms with Gasteiger partial charge in [-0.1, -0.05) is 29.8 Å². The Morgan fingerprint density at radius 3 is 2.32 bits per heavy atom. The average Bonchev–Trinajstić information content (AvgIpc) is 2.34. The maximum atomic E-state index is 12.3. The van der Waals surface area contributed by atoms with Crippen LogP contribution in [0.2, 0.25) is 0 Å². The molecule has 1 N–H and O–H groups in total. The van der Waals surface area contributed by atoms with E-state index in [9.17, 15) is 4.79 Å². The summed E-state index contributed by atoms with van der Waals surface area (Å²) in [4.78, 5) is 14.4. The number of aryl methyl sites for hydroxylation is 1. The standard InChI is InChI=1S/C16H26N2O/c1-13-7-9-14(10-8-13)16(2,3)15(19)17-11-6-12-18(4)5/h7-10H,6,11-12H2,1-5H3,(H,17,19). The number of benzene rings is 1. The summed E-state index contributed by atoms with van der Waals surface area (Å²) in [5, 5.41) is 3.03. The molecule has 0 fully saturated rings. The van der Waals surface area contributed by atoms with Crippen molar-refractivity contribution in [1.29, 1.82) is 0 Å². The first-order valence-corrected chi connectivity index (χ1v) is 6.84. The zero-order valence-corrected chi connectivity index (χ0v) is 12.8. The van der Waals surface area contributed by atoms with E-state index in [-0.39, 0.29) is 5.91 Å². The van der Waals surface area contributed by atoms with E-state index in [1.54, 1.807) is 0 Å². The molecule has 0 aliphatic heterocycles. The highest BCUT2D eigenvalue weighted by Crippen LogP contribution is 2.23. The van der Waals surface area contributed by atoms with Crippen LogP contribution >= 0.6 is 0 Å². The minimum absolute atomic E-state index is 0.0927. The molecule has 106 valence electrons. The van der Waals surface area contributed by atoms with E-state index >= 15 is 0 Å². The number of rotatable bonds is 6. The molecule has 0 aromatic heterocycles. The van der Waals surface area contributed by atoms with Crippen LogP contribution in [-0.4, -0.2) is 38.0 Å². The summed E-state index contributed by atoms with van der Waals surface area (Å²) in [7, 11) is 4.08. The molecule has 0 spiro atoms. The van der Waals surface area contributed by atoms with Crippen molar-refractivity contribution in [3.05, 3.63) is 35.4 Å². The first-order valence-electron chi connectivity index (χ1n) is 6.84. The van der Waals surface area contributed by atoms with Crippen LogP contribution in [0.4, 0.5) is 0 Å². The van der Waals surface area contributed by atoms with Crippen molar-refractivity contribution in [2.45, 2.75) is 32.6 Å². The van der Waals surface area contributed by atoms with Crippen LogP contribution < -0.4 is 5.32 Å². The molecule has 0 aliphatic rings. The van der Waals surface area contributed by atoms with Gasteiger partial charge in [0.15, 0.2) is 0 Å². The third-order valence-electron chi connectivity index (χ3n) is 3.41. The molecule has 19 heavy (non-hydrogen) atoms. The van der Waals surface area contributed by atoms with Gasteiger partial charge in [0.2, 0.25) is 5.91 Å². The summed E-state index contributed by atoms with van der Waals surface area (Å²) in [6, 6.07) is 8.18. The lowest BCUT2D eigenvalue weighted by molar-refractivity contribution is -0.125. The van der Waals surface area contributed by atoms with E-state index in [1.165, 1.54) is 5.56 Å². The second-order valence-corrected chi connectivity index (χ2v) is 5.90. The van der Waals surface area contributed by atoms with Gasteiger partial charge in [0.1, 0.15) is 0 Å². The van der Waals surface area contributed by atoms with E-state index in [0.29, 0.717) is 0 Å². The summed E-state index contributed by atoms with van der Waals surface area (Å²) < 4.78 is 0. The van der Waals surface area contributed by atoms with Crippen molar-refractivity contribution in [3.63, 3.8) is 0 Å². The van der Waals surface area contributed by atoms with Gasteiger partial charge in [0, 0.05) is 6.54 Å². The minimum atomic E-state index is -0.480. The summed E-state index contributed by atoms with van der Waals surface area (Å²) >= 11 is 0. The average molecular weight is 262 g/mol. The molecule has 1 aromatic carbocycles. The molecule has 3 nitrogen and oxygen atoms in total. The number of hydrogen-bond acceptors (Lipinski definition) is 2. The van der Waals surface area contributed by atoms with Crippen molar-refractivity contribution in [2.75, 3.05) is 27.2 Å².